The van der Waals surface area contributed by atoms with Gasteiger partial charge in [0.2, 0.25) is 5.91 Å². The summed E-state index contributed by atoms with van der Waals surface area (Å²) in [4.78, 5) is 57.4. The topological polar surface area (TPSA) is 162 Å². The third kappa shape index (κ3) is 6.68. The molecule has 42 heavy (non-hydrogen) atoms. The van der Waals surface area contributed by atoms with Crippen LogP contribution in [0.2, 0.25) is 0 Å². The van der Waals surface area contributed by atoms with Gasteiger partial charge in [-0.2, -0.15) is 0 Å². The summed E-state index contributed by atoms with van der Waals surface area (Å²) in [5.74, 6) is -2.22. The highest BCUT2D eigenvalue weighted by Crippen LogP contribution is 2.46. The number of imide groups is 1. The van der Waals surface area contributed by atoms with Gasteiger partial charge in [0.05, 0.1) is 7.11 Å². The number of amides is 4. The third-order valence-electron chi connectivity index (χ3n) is 6.60. The lowest BCUT2D eigenvalue weighted by molar-refractivity contribution is -0.134. The van der Waals surface area contributed by atoms with Gasteiger partial charge >= 0.3 is 19.6 Å². The summed E-state index contributed by atoms with van der Waals surface area (Å²) in [6.07, 6.45) is -0.319. The maximum atomic E-state index is 13.7. The first kappa shape index (κ1) is 30.8. The fourth-order valence-corrected chi connectivity index (χ4v) is 5.64. The fourth-order valence-electron chi connectivity index (χ4n) is 4.29. The predicted molar refractivity (Wildman–Crippen MR) is 152 cm³/mol. The zero-order valence-corrected chi connectivity index (χ0v) is 24.8. The number of urea groups is 1. The number of hydrogen-bond donors (Lipinski definition) is 2. The van der Waals surface area contributed by atoms with Crippen LogP contribution in [0.4, 0.5) is 9.93 Å². The first-order valence-electron chi connectivity index (χ1n) is 12.6. The summed E-state index contributed by atoms with van der Waals surface area (Å²) < 4.78 is 32.1. The van der Waals surface area contributed by atoms with E-state index >= 15 is 0 Å². The minimum atomic E-state index is -3.40. The monoisotopic (exact) mass is 616 g/mol. The Morgan fingerprint density at radius 1 is 1.07 bits per heavy atom. The van der Waals surface area contributed by atoms with E-state index in [1.54, 1.807) is 55.5 Å². The van der Waals surface area contributed by atoms with Crippen molar-refractivity contribution in [2.75, 3.05) is 33.0 Å². The van der Waals surface area contributed by atoms with Gasteiger partial charge in [0.25, 0.3) is 5.91 Å². The number of nitrogens with zero attached hydrogens (tertiary/aromatic N) is 2. The van der Waals surface area contributed by atoms with E-state index < -0.39 is 49.4 Å². The Balaban J connectivity index is 1.57. The Morgan fingerprint density at radius 3 is 2.36 bits per heavy atom. The molecule has 1 aromatic heterocycles. The molecule has 1 saturated heterocycles. The molecule has 15 heteroatoms. The highest BCUT2D eigenvalue weighted by Gasteiger charge is 2.47. The molecule has 0 saturated carbocycles. The Kier molecular flexibility index (Phi) is 9.74. The van der Waals surface area contributed by atoms with Gasteiger partial charge in [0, 0.05) is 25.5 Å². The third-order valence-corrected chi connectivity index (χ3v) is 8.92. The van der Waals surface area contributed by atoms with Gasteiger partial charge in [0.15, 0.2) is 17.2 Å². The van der Waals surface area contributed by atoms with E-state index in [0.717, 1.165) is 21.8 Å². The quantitative estimate of drug-likeness (QED) is 0.172. The van der Waals surface area contributed by atoms with E-state index in [1.165, 1.54) is 26.7 Å². The van der Waals surface area contributed by atoms with Crippen molar-refractivity contribution < 1.29 is 42.3 Å². The molecular formula is C27H29N4O9PS. The smallest absolute Gasteiger partial charge is 0.367 e. The molecule has 0 bridgehead atoms. The van der Waals surface area contributed by atoms with Crippen LogP contribution in [0.5, 0.6) is 5.75 Å². The minimum Gasteiger partial charge on any atom is -0.481 e. The molecule has 3 atom stereocenters. The molecule has 4 rings (SSSR count). The highest BCUT2D eigenvalue weighted by molar-refractivity contribution is 7.53. The Bertz CT molecular complexity index is 1490. The molecule has 4 amide bonds. The number of carbonyl (C=O) groups is 4. The molecule has 0 spiro atoms. The van der Waals surface area contributed by atoms with Gasteiger partial charge in [-0.05, 0) is 23.3 Å². The number of carbonyl (C=O) groups excluding carboxylic acids is 4. The van der Waals surface area contributed by atoms with Crippen molar-refractivity contribution in [3.63, 3.8) is 0 Å². The molecule has 1 aliphatic heterocycles. The molecule has 2 aromatic carbocycles. The summed E-state index contributed by atoms with van der Waals surface area (Å²) in [5, 5.41) is 6.82. The Hall–Kier alpha value is -4.10. The molecule has 1 aliphatic rings. The molecule has 1 fully saturated rings. The Labute approximate surface area is 245 Å². The number of aromatic nitrogens is 1. The summed E-state index contributed by atoms with van der Waals surface area (Å²) in [6, 6.07) is 12.2. The van der Waals surface area contributed by atoms with Gasteiger partial charge in [-0.3, -0.25) is 14.2 Å². The molecule has 0 aliphatic carbocycles. The largest absolute Gasteiger partial charge is 0.481 e. The second-order valence-electron chi connectivity index (χ2n) is 9.07. The summed E-state index contributed by atoms with van der Waals surface area (Å²) in [5.41, 5.74) is 1.18. The minimum absolute atomic E-state index is 0.0141. The van der Waals surface area contributed by atoms with Crippen LogP contribution in [0.15, 0.2) is 60.0 Å². The van der Waals surface area contributed by atoms with E-state index in [1.807, 2.05) is 6.07 Å². The number of thiazole rings is 1. The van der Waals surface area contributed by atoms with Crippen LogP contribution in [0.25, 0.3) is 0 Å². The van der Waals surface area contributed by atoms with Crippen molar-refractivity contribution in [1.82, 2.24) is 15.2 Å². The number of methoxy groups -OCH3 is 1. The second kappa shape index (κ2) is 13.3. The molecule has 2 heterocycles. The van der Waals surface area contributed by atoms with Gasteiger partial charge in [-0.15, -0.1) is 11.3 Å². The molecule has 2 N–H and O–H groups in total. The van der Waals surface area contributed by atoms with Crippen molar-refractivity contribution in [3.05, 3.63) is 76.8 Å². The number of esters is 1. The fraction of sp³-hybridized carbons (Fsp3) is 0.296. The van der Waals surface area contributed by atoms with E-state index in [0.29, 0.717) is 11.3 Å². The van der Waals surface area contributed by atoms with Gasteiger partial charge in [-0.1, -0.05) is 49.4 Å². The van der Waals surface area contributed by atoms with Crippen molar-refractivity contribution in [2.24, 2.45) is 0 Å². The van der Waals surface area contributed by atoms with Crippen molar-refractivity contribution in [1.29, 1.82) is 0 Å². The first-order valence-corrected chi connectivity index (χ1v) is 15.2. The van der Waals surface area contributed by atoms with Crippen molar-refractivity contribution in [2.45, 2.75) is 24.9 Å². The van der Waals surface area contributed by atoms with E-state index in [4.69, 9.17) is 13.8 Å². The highest BCUT2D eigenvalue weighted by atomic mass is 32.1. The van der Waals surface area contributed by atoms with Crippen molar-refractivity contribution >= 4 is 47.9 Å². The van der Waals surface area contributed by atoms with Crippen LogP contribution in [0.1, 0.15) is 40.5 Å². The first-order chi connectivity index (χ1) is 20.1. The van der Waals surface area contributed by atoms with E-state index in [2.05, 4.69) is 20.4 Å². The van der Waals surface area contributed by atoms with Gasteiger partial charge < -0.3 is 29.2 Å². The van der Waals surface area contributed by atoms with Crippen LogP contribution in [-0.4, -0.2) is 67.4 Å². The van der Waals surface area contributed by atoms with Crippen LogP contribution in [0, 0.1) is 0 Å². The second-order valence-corrected chi connectivity index (χ2v) is 12.1. The number of hydrogen-bond acceptors (Lipinski definition) is 11. The number of nitrogens with one attached hydrogen (secondary N) is 2. The van der Waals surface area contributed by atoms with E-state index in [-0.39, 0.29) is 17.2 Å². The number of ether oxygens (including phenoxy) is 2. The van der Waals surface area contributed by atoms with Crippen LogP contribution in [-0.2, 0) is 27.9 Å². The lowest BCUT2D eigenvalue weighted by atomic mass is 9.91. The number of benzene rings is 2. The standard InChI is InChI=1S/C27H29N4O9PS/c1-16(17-8-6-5-7-9-17)22(23(32)30-26-28-20(14-42-26)25(34)37-2)31-24(33)21(29-27(31)35)18-10-12-19(13-11-18)40-15-41(36,38-3)39-4/h5-14,16,21-22H,15H2,1-4H3,(H,29,35)(H,28,30,32)/t16?,21-,22?/m1/s1. The zero-order chi connectivity index (χ0) is 30.4. The average Bonchev–Trinajstić information content (AvgIpc) is 3.60. The maximum absolute atomic E-state index is 13.7. The molecule has 3 aromatic rings. The Morgan fingerprint density at radius 2 is 1.74 bits per heavy atom. The van der Waals surface area contributed by atoms with Crippen molar-refractivity contribution in [3.8, 4) is 5.75 Å². The molecule has 13 nitrogen and oxygen atoms in total. The maximum Gasteiger partial charge on any atom is 0.367 e. The molecule has 2 unspecified atom stereocenters. The summed E-state index contributed by atoms with van der Waals surface area (Å²) in [7, 11) is 0.318. The normalized spacial score (nSPS) is 16.5. The number of anilines is 1. The predicted octanol–water partition coefficient (Wildman–Crippen LogP) is 4.16. The average molecular weight is 617 g/mol. The SMILES string of the molecule is COC(=O)c1csc(NC(=O)C(C(C)c2ccccc2)N2C(=O)N[C@H](c3ccc(OCP(=O)(OC)OC)cc3)C2=O)n1. The lowest BCUT2D eigenvalue weighted by Gasteiger charge is -2.29. The van der Waals surface area contributed by atoms with Crippen LogP contribution in [0.3, 0.4) is 0 Å². The molecule has 222 valence electrons. The zero-order valence-electron chi connectivity index (χ0n) is 23.1. The summed E-state index contributed by atoms with van der Waals surface area (Å²) >= 11 is 1.00. The molecule has 0 radical (unpaired) electrons. The molecular weight excluding hydrogens is 587 g/mol. The number of rotatable bonds is 12. The van der Waals surface area contributed by atoms with Crippen LogP contribution < -0.4 is 15.4 Å². The summed E-state index contributed by atoms with van der Waals surface area (Å²) in [6.45, 7) is 1.74. The van der Waals surface area contributed by atoms with Gasteiger partial charge in [0.1, 0.15) is 17.8 Å². The lowest BCUT2D eigenvalue weighted by Crippen LogP contribution is -2.50. The van der Waals surface area contributed by atoms with Gasteiger partial charge in [-0.25, -0.2) is 19.5 Å². The van der Waals surface area contributed by atoms with E-state index in [9.17, 15) is 23.7 Å². The van der Waals surface area contributed by atoms with Crippen LogP contribution >= 0.6 is 18.9 Å².